The fourth-order valence-corrected chi connectivity index (χ4v) is 3.87. The van der Waals surface area contributed by atoms with Crippen LogP contribution in [0.25, 0.3) is 0 Å². The molecular formula is C20H29N3O. The third-order valence-corrected chi connectivity index (χ3v) is 5.68. The van der Waals surface area contributed by atoms with E-state index in [-0.39, 0.29) is 0 Å². The van der Waals surface area contributed by atoms with E-state index < -0.39 is 0 Å². The van der Waals surface area contributed by atoms with Gasteiger partial charge in [-0.2, -0.15) is 5.26 Å². The summed E-state index contributed by atoms with van der Waals surface area (Å²) in [7, 11) is 0. The number of morpholine rings is 1. The summed E-state index contributed by atoms with van der Waals surface area (Å²) in [4.78, 5) is 5.14. The molecule has 0 aromatic heterocycles. The van der Waals surface area contributed by atoms with E-state index in [1.54, 1.807) is 0 Å². The molecule has 3 rings (SSSR count). The Morgan fingerprint density at radius 2 is 1.79 bits per heavy atom. The van der Waals surface area contributed by atoms with Gasteiger partial charge < -0.3 is 4.74 Å². The van der Waals surface area contributed by atoms with Gasteiger partial charge in [-0.25, -0.2) is 0 Å². The first-order chi connectivity index (χ1) is 11.8. The first-order valence-corrected chi connectivity index (χ1v) is 9.30. The van der Waals surface area contributed by atoms with Crippen LogP contribution in [0.15, 0.2) is 24.3 Å². The number of hydrogen-bond donors (Lipinski definition) is 0. The van der Waals surface area contributed by atoms with E-state index in [0.29, 0.717) is 6.04 Å². The molecule has 1 aromatic carbocycles. The maximum atomic E-state index is 8.92. The van der Waals surface area contributed by atoms with E-state index in [1.807, 2.05) is 12.1 Å². The number of nitrogens with zero attached hydrogens (tertiary/aromatic N) is 3. The van der Waals surface area contributed by atoms with Crippen molar-refractivity contribution in [1.82, 2.24) is 9.80 Å². The highest BCUT2D eigenvalue weighted by Crippen LogP contribution is 2.28. The molecule has 0 saturated carbocycles. The molecule has 1 aromatic rings. The van der Waals surface area contributed by atoms with E-state index in [4.69, 9.17) is 10.00 Å². The average molecular weight is 327 g/mol. The van der Waals surface area contributed by atoms with E-state index >= 15 is 0 Å². The number of ether oxygens (including phenoxy) is 1. The largest absolute Gasteiger partial charge is 0.379 e. The zero-order valence-electron chi connectivity index (χ0n) is 14.8. The van der Waals surface area contributed by atoms with Crippen molar-refractivity contribution in [3.05, 3.63) is 35.4 Å². The Morgan fingerprint density at radius 1 is 1.12 bits per heavy atom. The predicted molar refractivity (Wildman–Crippen MR) is 95.7 cm³/mol. The molecule has 2 saturated heterocycles. The summed E-state index contributed by atoms with van der Waals surface area (Å²) in [5, 5.41) is 8.92. The fraction of sp³-hybridized carbons (Fsp3) is 0.650. The van der Waals surface area contributed by atoms with Gasteiger partial charge in [-0.3, -0.25) is 9.80 Å². The minimum Gasteiger partial charge on any atom is -0.379 e. The molecule has 0 aliphatic carbocycles. The van der Waals surface area contributed by atoms with Crippen molar-refractivity contribution in [1.29, 1.82) is 5.26 Å². The predicted octanol–water partition coefficient (Wildman–Crippen LogP) is 3.05. The molecule has 1 atom stereocenters. The summed E-state index contributed by atoms with van der Waals surface area (Å²) in [6.07, 6.45) is 3.95. The highest BCUT2D eigenvalue weighted by atomic mass is 16.5. The molecule has 0 bridgehead atoms. The lowest BCUT2D eigenvalue weighted by Gasteiger charge is -2.37. The van der Waals surface area contributed by atoms with Crippen molar-refractivity contribution in [2.75, 3.05) is 45.9 Å². The van der Waals surface area contributed by atoms with Crippen molar-refractivity contribution >= 4 is 0 Å². The number of benzene rings is 1. The zero-order valence-corrected chi connectivity index (χ0v) is 14.8. The lowest BCUT2D eigenvalue weighted by atomic mass is 9.91. The first-order valence-electron chi connectivity index (χ1n) is 9.30. The van der Waals surface area contributed by atoms with Gasteiger partial charge in [-0.15, -0.1) is 0 Å². The van der Waals surface area contributed by atoms with Crippen LogP contribution in [-0.2, 0) is 4.74 Å². The standard InChI is InChI=1S/C20H29N3O/c1-17(20-4-2-19(16-21)3-5-20)23-10-7-18(8-11-23)6-9-22-12-14-24-15-13-22/h2-5,17-18H,6-15H2,1H3/t17-/m0/s1. The SMILES string of the molecule is C[C@@H](c1ccc(C#N)cc1)N1CCC(CCN2CCOCC2)CC1. The Hall–Kier alpha value is -1.41. The smallest absolute Gasteiger partial charge is 0.0991 e. The Bertz CT molecular complexity index is 537. The van der Waals surface area contributed by atoms with Crippen LogP contribution in [-0.4, -0.2) is 55.7 Å². The molecule has 2 aliphatic rings. The summed E-state index contributed by atoms with van der Waals surface area (Å²) in [5.74, 6) is 0.872. The van der Waals surface area contributed by atoms with Crippen molar-refractivity contribution in [3.63, 3.8) is 0 Å². The molecule has 4 nitrogen and oxygen atoms in total. The minimum absolute atomic E-state index is 0.443. The van der Waals surface area contributed by atoms with Crippen LogP contribution in [0.2, 0.25) is 0 Å². The van der Waals surface area contributed by atoms with Crippen LogP contribution in [0.4, 0.5) is 0 Å². The van der Waals surface area contributed by atoms with Crippen LogP contribution < -0.4 is 0 Å². The maximum Gasteiger partial charge on any atom is 0.0991 e. The van der Waals surface area contributed by atoms with Gasteiger partial charge in [0, 0.05) is 19.1 Å². The number of nitriles is 1. The van der Waals surface area contributed by atoms with Crippen molar-refractivity contribution in [2.24, 2.45) is 5.92 Å². The maximum absolute atomic E-state index is 8.92. The molecule has 0 amide bonds. The Kier molecular flexibility index (Phi) is 6.25. The topological polar surface area (TPSA) is 39.5 Å². The summed E-state index contributed by atoms with van der Waals surface area (Å²) in [5.41, 5.74) is 2.06. The normalized spacial score (nSPS) is 22.2. The summed E-state index contributed by atoms with van der Waals surface area (Å²) >= 11 is 0. The number of piperidine rings is 1. The summed E-state index contributed by atoms with van der Waals surface area (Å²) in [6, 6.07) is 10.7. The van der Waals surface area contributed by atoms with Crippen LogP contribution in [0.3, 0.4) is 0 Å². The molecule has 2 aliphatic heterocycles. The van der Waals surface area contributed by atoms with Crippen molar-refractivity contribution < 1.29 is 4.74 Å². The molecule has 0 radical (unpaired) electrons. The number of likely N-dealkylation sites (tertiary alicyclic amines) is 1. The van der Waals surface area contributed by atoms with E-state index in [1.165, 1.54) is 44.5 Å². The van der Waals surface area contributed by atoms with Crippen molar-refractivity contribution in [2.45, 2.75) is 32.2 Å². The van der Waals surface area contributed by atoms with Gasteiger partial charge in [0.25, 0.3) is 0 Å². The molecule has 2 heterocycles. The molecule has 0 spiro atoms. The van der Waals surface area contributed by atoms with Gasteiger partial charge in [-0.1, -0.05) is 12.1 Å². The summed E-state index contributed by atoms with van der Waals surface area (Å²) < 4.78 is 5.42. The minimum atomic E-state index is 0.443. The second-order valence-electron chi connectivity index (χ2n) is 7.13. The number of rotatable bonds is 5. The monoisotopic (exact) mass is 327 g/mol. The second kappa shape index (κ2) is 8.62. The van der Waals surface area contributed by atoms with Crippen LogP contribution in [0.5, 0.6) is 0 Å². The highest BCUT2D eigenvalue weighted by molar-refractivity contribution is 5.32. The van der Waals surface area contributed by atoms with Crippen molar-refractivity contribution in [3.8, 4) is 6.07 Å². The molecular weight excluding hydrogens is 298 g/mol. The Morgan fingerprint density at radius 3 is 2.42 bits per heavy atom. The Balaban J connectivity index is 1.43. The molecule has 24 heavy (non-hydrogen) atoms. The molecule has 4 heteroatoms. The van der Waals surface area contributed by atoms with Gasteiger partial charge >= 0.3 is 0 Å². The van der Waals surface area contributed by atoms with Crippen LogP contribution in [0.1, 0.15) is 43.4 Å². The zero-order chi connectivity index (χ0) is 16.8. The number of hydrogen-bond acceptors (Lipinski definition) is 4. The van der Waals surface area contributed by atoms with E-state index in [9.17, 15) is 0 Å². The fourth-order valence-electron chi connectivity index (χ4n) is 3.87. The van der Waals surface area contributed by atoms with E-state index in [2.05, 4.69) is 34.9 Å². The molecule has 130 valence electrons. The molecule has 2 fully saturated rings. The summed E-state index contributed by atoms with van der Waals surface area (Å²) in [6.45, 7) is 9.92. The highest BCUT2D eigenvalue weighted by Gasteiger charge is 2.24. The lowest BCUT2D eigenvalue weighted by molar-refractivity contribution is 0.0329. The average Bonchev–Trinajstić information content (AvgIpc) is 2.67. The van der Waals surface area contributed by atoms with Crippen LogP contribution in [0, 0.1) is 17.2 Å². The third-order valence-electron chi connectivity index (χ3n) is 5.68. The van der Waals surface area contributed by atoms with Gasteiger partial charge in [0.1, 0.15) is 0 Å². The van der Waals surface area contributed by atoms with Gasteiger partial charge in [0.15, 0.2) is 0 Å². The van der Waals surface area contributed by atoms with Gasteiger partial charge in [0.2, 0.25) is 0 Å². The quantitative estimate of drug-likeness (QED) is 0.833. The molecule has 0 unspecified atom stereocenters. The Labute approximate surface area is 146 Å². The van der Waals surface area contributed by atoms with Crippen LogP contribution >= 0.6 is 0 Å². The van der Waals surface area contributed by atoms with E-state index in [0.717, 1.165) is 37.8 Å². The third kappa shape index (κ3) is 4.57. The second-order valence-corrected chi connectivity index (χ2v) is 7.13. The van der Waals surface area contributed by atoms with Gasteiger partial charge in [0.05, 0.1) is 24.8 Å². The molecule has 0 N–H and O–H groups in total. The lowest BCUT2D eigenvalue weighted by Crippen LogP contribution is -2.39. The van der Waals surface area contributed by atoms with Gasteiger partial charge in [-0.05, 0) is 69.4 Å². The first kappa shape index (κ1) is 17.4.